The van der Waals surface area contributed by atoms with Crippen LogP contribution in [0.2, 0.25) is 0 Å². The van der Waals surface area contributed by atoms with E-state index in [1.807, 2.05) is 29.6 Å². The third-order valence-corrected chi connectivity index (χ3v) is 2.90. The van der Waals surface area contributed by atoms with Gasteiger partial charge in [0.05, 0.1) is 11.6 Å². The van der Waals surface area contributed by atoms with E-state index in [2.05, 4.69) is 12.6 Å². The fraction of sp³-hybridized carbons (Fsp3) is 0. The van der Waals surface area contributed by atoms with E-state index in [-0.39, 0.29) is 0 Å². The number of fused-ring (bicyclic) bond motifs is 1. The lowest BCUT2D eigenvalue weighted by molar-refractivity contribution is 1.54. The Bertz CT molecular complexity index is 502. The molecular weight excluding hydrogens is 178 g/mol. The zero-order valence-corrected chi connectivity index (χ0v) is 7.77. The highest BCUT2D eigenvalue weighted by Crippen LogP contribution is 2.29. The molecule has 0 radical (unpaired) electrons. The van der Waals surface area contributed by atoms with Crippen LogP contribution in [0, 0.1) is 11.3 Å². The summed E-state index contributed by atoms with van der Waals surface area (Å²) in [5, 5.41) is 11.8. The van der Waals surface area contributed by atoms with Crippen molar-refractivity contribution in [1.82, 2.24) is 0 Å². The van der Waals surface area contributed by atoms with Crippen molar-refractivity contribution in [2.24, 2.45) is 0 Å². The second-order valence-corrected chi connectivity index (χ2v) is 3.65. The first-order chi connectivity index (χ1) is 6.33. The zero-order valence-electron chi connectivity index (χ0n) is 6.95. The first kappa shape index (κ1) is 8.03. The monoisotopic (exact) mass is 185 g/mol. The number of rotatable bonds is 1. The summed E-state index contributed by atoms with van der Waals surface area (Å²) in [6.07, 6.45) is 0. The van der Waals surface area contributed by atoms with Crippen LogP contribution in [-0.2, 0) is 0 Å². The minimum atomic E-state index is 0.539. The summed E-state index contributed by atoms with van der Waals surface area (Å²) < 4.78 is 1.20. The molecule has 0 aliphatic heterocycles. The van der Waals surface area contributed by atoms with Crippen LogP contribution in [0.25, 0.3) is 15.7 Å². The minimum Gasteiger partial charge on any atom is -0.192 e. The molecule has 62 valence electrons. The Morgan fingerprint density at radius 1 is 1.38 bits per heavy atom. The number of allylic oxidation sites excluding steroid dienone is 1. The highest BCUT2D eigenvalue weighted by Gasteiger charge is 2.04. The molecule has 0 saturated heterocycles. The van der Waals surface area contributed by atoms with Crippen LogP contribution < -0.4 is 0 Å². The lowest BCUT2D eigenvalue weighted by Crippen LogP contribution is -1.74. The van der Waals surface area contributed by atoms with Crippen LogP contribution >= 0.6 is 11.3 Å². The first-order valence-electron chi connectivity index (χ1n) is 3.88. The summed E-state index contributed by atoms with van der Waals surface area (Å²) in [5.74, 6) is 0. The van der Waals surface area contributed by atoms with E-state index in [0.717, 1.165) is 10.9 Å². The molecule has 0 amide bonds. The van der Waals surface area contributed by atoms with Crippen molar-refractivity contribution in [2.75, 3.05) is 0 Å². The van der Waals surface area contributed by atoms with Gasteiger partial charge in [0.1, 0.15) is 0 Å². The smallest absolute Gasteiger partial charge is 0.0992 e. The average molecular weight is 185 g/mol. The molecule has 1 aromatic heterocycles. The summed E-state index contributed by atoms with van der Waals surface area (Å²) in [4.78, 5) is 0. The van der Waals surface area contributed by atoms with E-state index in [0.29, 0.717) is 5.57 Å². The number of benzene rings is 1. The zero-order chi connectivity index (χ0) is 9.26. The predicted molar refractivity (Wildman–Crippen MR) is 56.5 cm³/mol. The SMILES string of the molecule is C=C(C#N)c1csc2ccccc12. The molecule has 0 unspecified atom stereocenters. The highest BCUT2D eigenvalue weighted by atomic mass is 32.1. The molecule has 0 aliphatic rings. The molecule has 0 fully saturated rings. The topological polar surface area (TPSA) is 23.8 Å². The first-order valence-corrected chi connectivity index (χ1v) is 4.76. The van der Waals surface area contributed by atoms with Crippen molar-refractivity contribution in [2.45, 2.75) is 0 Å². The second-order valence-electron chi connectivity index (χ2n) is 2.74. The molecule has 2 rings (SSSR count). The van der Waals surface area contributed by atoms with Crippen LogP contribution in [0.5, 0.6) is 0 Å². The summed E-state index contributed by atoms with van der Waals surface area (Å²) >= 11 is 1.65. The molecule has 1 heterocycles. The lowest BCUT2D eigenvalue weighted by Gasteiger charge is -1.92. The summed E-state index contributed by atoms with van der Waals surface area (Å²) in [6.45, 7) is 3.71. The van der Waals surface area contributed by atoms with Gasteiger partial charge in [0.15, 0.2) is 0 Å². The minimum absolute atomic E-state index is 0.539. The van der Waals surface area contributed by atoms with Gasteiger partial charge in [-0.25, -0.2) is 0 Å². The number of thiophene rings is 1. The molecule has 0 atom stereocenters. The van der Waals surface area contributed by atoms with E-state index >= 15 is 0 Å². The van der Waals surface area contributed by atoms with Crippen LogP contribution in [0.15, 0.2) is 36.2 Å². The number of hydrogen-bond donors (Lipinski definition) is 0. The van der Waals surface area contributed by atoms with Crippen molar-refractivity contribution in [1.29, 1.82) is 5.26 Å². The van der Waals surface area contributed by atoms with E-state index in [4.69, 9.17) is 5.26 Å². The van der Waals surface area contributed by atoms with Gasteiger partial charge in [-0.3, -0.25) is 0 Å². The second kappa shape index (κ2) is 3.04. The van der Waals surface area contributed by atoms with Gasteiger partial charge in [-0.15, -0.1) is 11.3 Å². The predicted octanol–water partition coefficient (Wildman–Crippen LogP) is 3.44. The summed E-state index contributed by atoms with van der Waals surface area (Å²) in [6, 6.07) is 10.1. The van der Waals surface area contributed by atoms with Crippen molar-refractivity contribution >= 4 is 27.0 Å². The van der Waals surface area contributed by atoms with Crippen LogP contribution in [0.3, 0.4) is 0 Å². The van der Waals surface area contributed by atoms with E-state index in [9.17, 15) is 0 Å². The molecule has 1 aromatic carbocycles. The molecular formula is C11H7NS. The van der Waals surface area contributed by atoms with Crippen LogP contribution in [0.1, 0.15) is 5.56 Å². The molecule has 0 N–H and O–H groups in total. The van der Waals surface area contributed by atoms with Crippen molar-refractivity contribution in [3.8, 4) is 6.07 Å². The number of nitrogens with zero attached hydrogens (tertiary/aromatic N) is 1. The molecule has 13 heavy (non-hydrogen) atoms. The number of hydrogen-bond acceptors (Lipinski definition) is 2. The quantitative estimate of drug-likeness (QED) is 0.624. The Labute approximate surface area is 80.6 Å². The molecule has 2 heteroatoms. The van der Waals surface area contributed by atoms with Crippen LogP contribution in [0.4, 0.5) is 0 Å². The molecule has 1 nitrogen and oxygen atoms in total. The Morgan fingerprint density at radius 3 is 2.92 bits per heavy atom. The third-order valence-electron chi connectivity index (χ3n) is 1.94. The fourth-order valence-electron chi connectivity index (χ4n) is 1.27. The Balaban J connectivity index is 2.73. The maximum absolute atomic E-state index is 8.72. The van der Waals surface area contributed by atoms with Gasteiger partial charge >= 0.3 is 0 Å². The van der Waals surface area contributed by atoms with Gasteiger partial charge in [-0.2, -0.15) is 5.26 Å². The third kappa shape index (κ3) is 1.24. The molecule has 0 saturated carbocycles. The molecule has 0 bridgehead atoms. The fourth-order valence-corrected chi connectivity index (χ4v) is 2.25. The standard InChI is InChI=1S/C11H7NS/c1-8(6-12)10-7-13-11-5-3-2-4-9(10)11/h2-5,7H,1H2. The largest absolute Gasteiger partial charge is 0.192 e. The van der Waals surface area contributed by atoms with Gasteiger partial charge in [-0.1, -0.05) is 24.8 Å². The molecule has 0 spiro atoms. The van der Waals surface area contributed by atoms with E-state index in [1.54, 1.807) is 11.3 Å². The van der Waals surface area contributed by atoms with Gasteiger partial charge in [-0.05, 0) is 6.07 Å². The number of nitriles is 1. The summed E-state index contributed by atoms with van der Waals surface area (Å²) in [5.41, 5.74) is 1.50. The van der Waals surface area contributed by atoms with Gasteiger partial charge in [0.25, 0.3) is 0 Å². The molecule has 2 aromatic rings. The average Bonchev–Trinajstić information content (AvgIpc) is 2.60. The van der Waals surface area contributed by atoms with E-state index < -0.39 is 0 Å². The van der Waals surface area contributed by atoms with Gasteiger partial charge in [0.2, 0.25) is 0 Å². The molecule has 0 aliphatic carbocycles. The van der Waals surface area contributed by atoms with Crippen molar-refractivity contribution < 1.29 is 0 Å². The normalized spacial score (nSPS) is 9.77. The summed E-state index contributed by atoms with van der Waals surface area (Å²) in [7, 11) is 0. The van der Waals surface area contributed by atoms with Crippen molar-refractivity contribution in [3.05, 3.63) is 41.8 Å². The Hall–Kier alpha value is -1.59. The maximum Gasteiger partial charge on any atom is 0.0992 e. The van der Waals surface area contributed by atoms with E-state index in [1.165, 1.54) is 4.70 Å². The van der Waals surface area contributed by atoms with Crippen LogP contribution in [-0.4, -0.2) is 0 Å². The lowest BCUT2D eigenvalue weighted by atomic mass is 10.1. The van der Waals surface area contributed by atoms with Gasteiger partial charge < -0.3 is 0 Å². The maximum atomic E-state index is 8.72. The highest BCUT2D eigenvalue weighted by molar-refractivity contribution is 7.17. The Morgan fingerprint density at radius 2 is 2.15 bits per heavy atom. The Kier molecular flexibility index (Phi) is 1.88. The van der Waals surface area contributed by atoms with Gasteiger partial charge in [0, 0.05) is 21.0 Å². The van der Waals surface area contributed by atoms with Crippen molar-refractivity contribution in [3.63, 3.8) is 0 Å².